The Labute approximate surface area is 125 Å². The van der Waals surface area contributed by atoms with Gasteiger partial charge in [0, 0.05) is 32.7 Å². The molecule has 20 heavy (non-hydrogen) atoms. The van der Waals surface area contributed by atoms with Crippen molar-refractivity contribution in [3.8, 4) is 0 Å². The van der Waals surface area contributed by atoms with Crippen LogP contribution in [0, 0.1) is 0 Å². The van der Waals surface area contributed by atoms with Gasteiger partial charge in [-0.3, -0.25) is 9.69 Å². The molecule has 0 saturated carbocycles. The van der Waals surface area contributed by atoms with Gasteiger partial charge in [0.25, 0.3) is 0 Å². The van der Waals surface area contributed by atoms with Crippen LogP contribution in [0.4, 0.5) is 0 Å². The molecule has 4 nitrogen and oxygen atoms in total. The van der Waals surface area contributed by atoms with Crippen LogP contribution in [0.3, 0.4) is 0 Å². The highest BCUT2D eigenvalue weighted by molar-refractivity contribution is 7.07. The van der Waals surface area contributed by atoms with Crippen molar-refractivity contribution < 1.29 is 4.79 Å². The predicted octanol–water partition coefficient (Wildman–Crippen LogP) is 1.91. The number of hydrogen-bond donors (Lipinski definition) is 1. The Hall–Kier alpha value is -0.910. The summed E-state index contributed by atoms with van der Waals surface area (Å²) in [7, 11) is 0. The van der Waals surface area contributed by atoms with E-state index in [1.165, 1.54) is 5.56 Å². The Morgan fingerprint density at radius 3 is 2.65 bits per heavy atom. The molecule has 112 valence electrons. The highest BCUT2D eigenvalue weighted by atomic mass is 32.1. The Bertz CT molecular complexity index is 422. The third kappa shape index (κ3) is 3.81. The Kier molecular flexibility index (Phi) is 5.18. The summed E-state index contributed by atoms with van der Waals surface area (Å²) in [5.41, 5.74) is 6.80. The van der Waals surface area contributed by atoms with Gasteiger partial charge in [-0.15, -0.1) is 0 Å². The Balaban J connectivity index is 1.83. The van der Waals surface area contributed by atoms with E-state index in [-0.39, 0.29) is 5.91 Å². The van der Waals surface area contributed by atoms with E-state index in [1.807, 2.05) is 11.8 Å². The molecule has 1 saturated heterocycles. The van der Waals surface area contributed by atoms with Crippen LogP contribution < -0.4 is 5.73 Å². The number of thiophene rings is 1. The van der Waals surface area contributed by atoms with Crippen LogP contribution in [-0.2, 0) is 11.3 Å². The molecule has 0 aliphatic carbocycles. The minimum Gasteiger partial charge on any atom is -0.339 e. The molecular weight excluding hydrogens is 270 g/mol. The predicted molar refractivity (Wildman–Crippen MR) is 83.7 cm³/mol. The highest BCUT2D eigenvalue weighted by Crippen LogP contribution is 2.16. The quantitative estimate of drug-likeness (QED) is 0.903. The number of hydrogen-bond acceptors (Lipinski definition) is 4. The summed E-state index contributed by atoms with van der Waals surface area (Å²) in [5.74, 6) is 0.106. The number of rotatable bonds is 5. The first-order valence-corrected chi connectivity index (χ1v) is 8.29. The highest BCUT2D eigenvalue weighted by Gasteiger charge is 2.33. The fourth-order valence-electron chi connectivity index (χ4n) is 2.74. The molecule has 2 rings (SSSR count). The minimum absolute atomic E-state index is 0.106. The average molecular weight is 295 g/mol. The molecule has 1 atom stereocenters. The molecule has 5 heteroatoms. The molecule has 0 radical (unpaired) electrons. The zero-order valence-corrected chi connectivity index (χ0v) is 13.3. The molecule has 1 unspecified atom stereocenters. The van der Waals surface area contributed by atoms with Crippen molar-refractivity contribution >= 4 is 17.2 Å². The first kappa shape index (κ1) is 15.5. The van der Waals surface area contributed by atoms with Crippen LogP contribution in [0.2, 0.25) is 0 Å². The summed E-state index contributed by atoms with van der Waals surface area (Å²) in [4.78, 5) is 16.8. The average Bonchev–Trinajstić information content (AvgIpc) is 2.91. The Morgan fingerprint density at radius 1 is 1.40 bits per heavy atom. The second kappa shape index (κ2) is 6.70. The molecule has 1 aromatic heterocycles. The maximum absolute atomic E-state index is 12.4. The van der Waals surface area contributed by atoms with Gasteiger partial charge in [-0.1, -0.05) is 13.3 Å². The van der Waals surface area contributed by atoms with E-state index < -0.39 is 5.54 Å². The SMILES string of the molecule is CCCC(C)(N)C(=O)N1CCN(Cc2ccsc2)CC1. The van der Waals surface area contributed by atoms with Crippen LogP contribution >= 0.6 is 11.3 Å². The summed E-state index contributed by atoms with van der Waals surface area (Å²) >= 11 is 1.73. The topological polar surface area (TPSA) is 49.6 Å². The van der Waals surface area contributed by atoms with E-state index in [9.17, 15) is 4.79 Å². The zero-order chi connectivity index (χ0) is 14.6. The van der Waals surface area contributed by atoms with E-state index in [4.69, 9.17) is 5.73 Å². The van der Waals surface area contributed by atoms with Crippen molar-refractivity contribution in [3.63, 3.8) is 0 Å². The monoisotopic (exact) mass is 295 g/mol. The lowest BCUT2D eigenvalue weighted by Gasteiger charge is -2.38. The van der Waals surface area contributed by atoms with Gasteiger partial charge in [-0.2, -0.15) is 11.3 Å². The van der Waals surface area contributed by atoms with E-state index >= 15 is 0 Å². The van der Waals surface area contributed by atoms with Gasteiger partial charge in [-0.25, -0.2) is 0 Å². The second-order valence-electron chi connectivity index (χ2n) is 5.87. The lowest BCUT2D eigenvalue weighted by atomic mass is 9.95. The van der Waals surface area contributed by atoms with E-state index in [0.29, 0.717) is 0 Å². The summed E-state index contributed by atoms with van der Waals surface area (Å²) in [6, 6.07) is 2.17. The van der Waals surface area contributed by atoms with Gasteiger partial charge in [0.2, 0.25) is 5.91 Å². The first-order chi connectivity index (χ1) is 9.53. The number of piperazine rings is 1. The lowest BCUT2D eigenvalue weighted by molar-refractivity contribution is -0.138. The number of amides is 1. The van der Waals surface area contributed by atoms with E-state index in [2.05, 4.69) is 28.7 Å². The van der Waals surface area contributed by atoms with Gasteiger partial charge in [0.1, 0.15) is 0 Å². The van der Waals surface area contributed by atoms with Gasteiger partial charge in [-0.05, 0) is 35.7 Å². The first-order valence-electron chi connectivity index (χ1n) is 7.34. The van der Waals surface area contributed by atoms with Crippen LogP contribution in [0.5, 0.6) is 0 Å². The smallest absolute Gasteiger partial charge is 0.242 e. The molecule has 0 spiro atoms. The van der Waals surface area contributed by atoms with Crippen LogP contribution in [0.25, 0.3) is 0 Å². The van der Waals surface area contributed by atoms with E-state index in [0.717, 1.165) is 45.6 Å². The second-order valence-corrected chi connectivity index (χ2v) is 6.65. The fourth-order valence-corrected chi connectivity index (χ4v) is 3.40. The largest absolute Gasteiger partial charge is 0.339 e. The molecule has 1 aromatic rings. The molecular formula is C15H25N3OS. The van der Waals surface area contributed by atoms with Crippen molar-refractivity contribution in [1.29, 1.82) is 0 Å². The van der Waals surface area contributed by atoms with Gasteiger partial charge in [0.05, 0.1) is 5.54 Å². The molecule has 1 amide bonds. The fraction of sp³-hybridized carbons (Fsp3) is 0.667. The zero-order valence-electron chi connectivity index (χ0n) is 12.5. The Morgan fingerprint density at radius 2 is 2.10 bits per heavy atom. The number of carbonyl (C=O) groups is 1. The summed E-state index contributed by atoms with van der Waals surface area (Å²) in [6.45, 7) is 8.36. The van der Waals surface area contributed by atoms with Crippen molar-refractivity contribution in [3.05, 3.63) is 22.4 Å². The van der Waals surface area contributed by atoms with Gasteiger partial charge in [0.15, 0.2) is 0 Å². The normalized spacial score (nSPS) is 19.9. The summed E-state index contributed by atoms with van der Waals surface area (Å²) in [6.07, 6.45) is 1.69. The maximum Gasteiger partial charge on any atom is 0.242 e. The summed E-state index contributed by atoms with van der Waals surface area (Å²) < 4.78 is 0. The van der Waals surface area contributed by atoms with Crippen molar-refractivity contribution in [1.82, 2.24) is 9.80 Å². The maximum atomic E-state index is 12.4. The number of nitrogens with zero attached hydrogens (tertiary/aromatic N) is 2. The lowest BCUT2D eigenvalue weighted by Crippen LogP contribution is -2.58. The standard InChI is InChI=1S/C15H25N3OS/c1-3-5-15(2,16)14(19)18-8-6-17(7-9-18)11-13-4-10-20-12-13/h4,10,12H,3,5-9,11,16H2,1-2H3. The number of carbonyl (C=O) groups excluding carboxylic acids is 1. The molecule has 2 N–H and O–H groups in total. The van der Waals surface area contributed by atoms with Crippen molar-refractivity contribution in [2.24, 2.45) is 5.73 Å². The minimum atomic E-state index is -0.704. The number of nitrogens with two attached hydrogens (primary N) is 1. The van der Waals surface area contributed by atoms with Gasteiger partial charge >= 0.3 is 0 Å². The van der Waals surface area contributed by atoms with E-state index in [1.54, 1.807) is 11.3 Å². The van der Waals surface area contributed by atoms with Crippen LogP contribution in [0.15, 0.2) is 16.8 Å². The molecule has 1 fully saturated rings. The van der Waals surface area contributed by atoms with Crippen LogP contribution in [0.1, 0.15) is 32.3 Å². The molecule has 0 aromatic carbocycles. The van der Waals surface area contributed by atoms with Crippen molar-refractivity contribution in [2.45, 2.75) is 38.8 Å². The molecule has 0 bridgehead atoms. The summed E-state index contributed by atoms with van der Waals surface area (Å²) in [5, 5.41) is 4.30. The molecule has 2 heterocycles. The third-order valence-corrected chi connectivity index (χ3v) is 4.64. The third-order valence-electron chi connectivity index (χ3n) is 3.90. The molecule has 1 aliphatic rings. The van der Waals surface area contributed by atoms with Crippen molar-refractivity contribution in [2.75, 3.05) is 26.2 Å². The molecule has 1 aliphatic heterocycles. The van der Waals surface area contributed by atoms with Gasteiger partial charge < -0.3 is 10.6 Å². The van der Waals surface area contributed by atoms with Crippen LogP contribution in [-0.4, -0.2) is 47.4 Å².